The molecule has 51 heavy (non-hydrogen) atoms. The van der Waals surface area contributed by atoms with Gasteiger partial charge in [0.15, 0.2) is 6.29 Å². The van der Waals surface area contributed by atoms with Crippen molar-refractivity contribution in [2.45, 2.75) is 63.6 Å². The number of nitrogens with one attached hydrogen (secondary N) is 2. The summed E-state index contributed by atoms with van der Waals surface area (Å²) in [5, 5.41) is 25.4. The second-order valence-electron chi connectivity index (χ2n) is 13.4. The Hall–Kier alpha value is -4.58. The first-order chi connectivity index (χ1) is 24.8. The van der Waals surface area contributed by atoms with E-state index in [0.717, 1.165) is 51.9 Å². The molecule has 2 fully saturated rings. The van der Waals surface area contributed by atoms with Gasteiger partial charge < -0.3 is 35.1 Å². The van der Waals surface area contributed by atoms with Crippen LogP contribution in [0.5, 0.6) is 0 Å². The normalized spacial score (nSPS) is 22.6. The average Bonchev–Trinajstić information content (AvgIpc) is 3.58. The van der Waals surface area contributed by atoms with Crippen LogP contribution in [0.25, 0.3) is 11.1 Å². The van der Waals surface area contributed by atoms with Crippen LogP contribution in [-0.4, -0.2) is 72.1 Å². The minimum atomic E-state index is -0.826. The standard InChI is InChI=1S/C41H47N3O7/c1-27-37(25-44-21-20-34(46)24-44)50-40(51-38(27)31-14-12-29(26-45)13-15-31)32-18-16-30(17-19-32)35-11-7-6-10-33(35)23-42-41(48)43-36(39(47)49-2)22-28-8-4-3-5-9-28/h3-19,27,34,36-38,40,45-46H,20-26H2,1-2H3,(H2,42,43,48)/t27-,34-,36-,37+,38+,40+/m0/s1. The zero-order valence-corrected chi connectivity index (χ0v) is 29.1. The quantitative estimate of drug-likeness (QED) is 0.148. The molecule has 2 amide bonds. The predicted octanol–water partition coefficient (Wildman–Crippen LogP) is 5.29. The van der Waals surface area contributed by atoms with Crippen molar-refractivity contribution < 1.29 is 34.0 Å². The van der Waals surface area contributed by atoms with E-state index in [2.05, 4.69) is 22.5 Å². The summed E-state index contributed by atoms with van der Waals surface area (Å²) in [7, 11) is 1.31. The number of hydrogen-bond acceptors (Lipinski definition) is 8. The first-order valence-corrected chi connectivity index (χ1v) is 17.6. The molecule has 0 saturated carbocycles. The minimum absolute atomic E-state index is 0.0175. The summed E-state index contributed by atoms with van der Waals surface area (Å²) < 4.78 is 18.2. The number of aliphatic hydroxyl groups is 2. The maximum atomic E-state index is 13.0. The summed E-state index contributed by atoms with van der Waals surface area (Å²) in [5.41, 5.74) is 6.51. The topological polar surface area (TPSA) is 130 Å². The van der Waals surface area contributed by atoms with Gasteiger partial charge in [0, 0.05) is 44.1 Å². The van der Waals surface area contributed by atoms with Crippen LogP contribution in [0.15, 0.2) is 103 Å². The second-order valence-corrected chi connectivity index (χ2v) is 13.4. The summed E-state index contributed by atoms with van der Waals surface area (Å²) in [6.45, 7) is 4.54. The fraction of sp³-hybridized carbons (Fsp3) is 0.366. The SMILES string of the molecule is COC(=O)[C@H](Cc1ccccc1)NC(=O)NCc1ccccc1-c1ccc([C@@H]2O[C@H](CN3CC[C@H](O)C3)[C@H](C)[C@H](c3ccc(CO)cc3)O2)cc1. The number of urea groups is 1. The number of amides is 2. The van der Waals surface area contributed by atoms with Crippen LogP contribution in [0, 0.1) is 5.92 Å². The predicted molar refractivity (Wildman–Crippen MR) is 193 cm³/mol. The van der Waals surface area contributed by atoms with Crippen LogP contribution in [-0.2, 0) is 38.6 Å². The van der Waals surface area contributed by atoms with Crippen LogP contribution in [0.2, 0.25) is 0 Å². The number of benzene rings is 4. The fourth-order valence-electron chi connectivity index (χ4n) is 6.91. The molecule has 0 aromatic heterocycles. The average molecular weight is 694 g/mol. The first kappa shape index (κ1) is 36.2. The van der Waals surface area contributed by atoms with Gasteiger partial charge in [0.2, 0.25) is 0 Å². The monoisotopic (exact) mass is 693 g/mol. The Balaban J connectivity index is 1.15. The number of aliphatic hydroxyl groups excluding tert-OH is 2. The van der Waals surface area contributed by atoms with Crippen molar-refractivity contribution in [1.29, 1.82) is 0 Å². The Kier molecular flexibility index (Phi) is 12.1. The van der Waals surface area contributed by atoms with E-state index in [0.29, 0.717) is 19.5 Å². The molecular weight excluding hydrogens is 646 g/mol. The molecule has 0 bridgehead atoms. The summed E-state index contributed by atoms with van der Waals surface area (Å²) in [6.07, 6.45) is -0.184. The number of methoxy groups -OCH3 is 1. The van der Waals surface area contributed by atoms with E-state index < -0.39 is 24.3 Å². The van der Waals surface area contributed by atoms with E-state index in [9.17, 15) is 19.8 Å². The summed E-state index contributed by atoms with van der Waals surface area (Å²) in [5.74, 6) is -0.460. The molecule has 0 spiro atoms. The molecule has 2 aliphatic heterocycles. The Morgan fingerprint density at radius 1 is 0.902 bits per heavy atom. The molecule has 4 aromatic carbocycles. The van der Waals surface area contributed by atoms with Crippen LogP contribution < -0.4 is 10.6 Å². The number of rotatable bonds is 12. The molecule has 0 unspecified atom stereocenters. The van der Waals surface area contributed by atoms with E-state index in [4.69, 9.17) is 14.2 Å². The molecule has 10 heteroatoms. The molecule has 6 atom stereocenters. The molecule has 0 radical (unpaired) electrons. The van der Waals surface area contributed by atoms with Gasteiger partial charge in [-0.25, -0.2) is 9.59 Å². The lowest BCUT2D eigenvalue weighted by Gasteiger charge is -2.42. The smallest absolute Gasteiger partial charge is 0.328 e. The molecule has 4 aromatic rings. The van der Waals surface area contributed by atoms with Gasteiger partial charge >= 0.3 is 12.0 Å². The van der Waals surface area contributed by atoms with Gasteiger partial charge in [0.1, 0.15) is 6.04 Å². The number of nitrogens with zero attached hydrogens (tertiary/aromatic N) is 1. The third kappa shape index (κ3) is 9.21. The first-order valence-electron chi connectivity index (χ1n) is 17.6. The van der Waals surface area contributed by atoms with E-state index in [1.165, 1.54) is 7.11 Å². The number of β-amino-alcohol motifs (C(OH)–C–C–N with tert-alkyl or cyclic N) is 1. The lowest BCUT2D eigenvalue weighted by atomic mass is 9.90. The van der Waals surface area contributed by atoms with Crippen molar-refractivity contribution in [3.63, 3.8) is 0 Å². The number of likely N-dealkylation sites (tertiary alicyclic amines) is 1. The Morgan fingerprint density at radius 3 is 2.29 bits per heavy atom. The zero-order valence-electron chi connectivity index (χ0n) is 29.1. The van der Waals surface area contributed by atoms with Gasteiger partial charge in [-0.05, 0) is 39.8 Å². The van der Waals surface area contributed by atoms with Crippen molar-refractivity contribution in [3.8, 4) is 11.1 Å². The maximum Gasteiger partial charge on any atom is 0.328 e. The Morgan fingerprint density at radius 2 is 1.61 bits per heavy atom. The molecule has 2 heterocycles. The van der Waals surface area contributed by atoms with Gasteiger partial charge in [-0.1, -0.05) is 110 Å². The van der Waals surface area contributed by atoms with E-state index >= 15 is 0 Å². The summed E-state index contributed by atoms with van der Waals surface area (Å²) >= 11 is 0. The fourth-order valence-corrected chi connectivity index (χ4v) is 6.91. The zero-order chi connectivity index (χ0) is 35.7. The molecular formula is C41H47N3O7. The lowest BCUT2D eigenvalue weighted by Crippen LogP contribution is -2.47. The summed E-state index contributed by atoms with van der Waals surface area (Å²) in [6, 6.07) is 32.0. The van der Waals surface area contributed by atoms with Gasteiger partial charge in [-0.3, -0.25) is 4.90 Å². The van der Waals surface area contributed by atoms with E-state index in [1.54, 1.807) is 0 Å². The molecule has 4 N–H and O–H groups in total. The van der Waals surface area contributed by atoms with Crippen LogP contribution in [0.1, 0.15) is 53.6 Å². The van der Waals surface area contributed by atoms with Crippen molar-refractivity contribution in [1.82, 2.24) is 15.5 Å². The number of carbonyl (C=O) groups is 2. The largest absolute Gasteiger partial charge is 0.467 e. The summed E-state index contributed by atoms with van der Waals surface area (Å²) in [4.78, 5) is 27.7. The Labute approximate surface area is 299 Å². The molecule has 0 aliphatic carbocycles. The van der Waals surface area contributed by atoms with Gasteiger partial charge in [-0.15, -0.1) is 0 Å². The van der Waals surface area contributed by atoms with Crippen LogP contribution >= 0.6 is 0 Å². The van der Waals surface area contributed by atoms with Crippen molar-refractivity contribution >= 4 is 12.0 Å². The van der Waals surface area contributed by atoms with Crippen LogP contribution in [0.4, 0.5) is 4.79 Å². The number of ether oxygens (including phenoxy) is 3. The van der Waals surface area contributed by atoms with E-state index in [-0.39, 0.29) is 37.4 Å². The van der Waals surface area contributed by atoms with Gasteiger partial charge in [-0.2, -0.15) is 0 Å². The maximum absolute atomic E-state index is 13.0. The highest BCUT2D eigenvalue weighted by molar-refractivity contribution is 5.84. The molecule has 10 nitrogen and oxygen atoms in total. The molecule has 6 rings (SSSR count). The number of carbonyl (C=O) groups excluding carboxylic acids is 2. The lowest BCUT2D eigenvalue weighted by molar-refractivity contribution is -0.276. The van der Waals surface area contributed by atoms with E-state index in [1.807, 2.05) is 103 Å². The highest BCUT2D eigenvalue weighted by Crippen LogP contribution is 2.42. The van der Waals surface area contributed by atoms with Gasteiger partial charge in [0.05, 0.1) is 32.0 Å². The molecule has 2 aliphatic rings. The third-order valence-electron chi connectivity index (χ3n) is 9.83. The number of hydrogen-bond donors (Lipinski definition) is 4. The number of esters is 1. The van der Waals surface area contributed by atoms with Gasteiger partial charge in [0.25, 0.3) is 0 Å². The highest BCUT2D eigenvalue weighted by atomic mass is 16.7. The molecule has 2 saturated heterocycles. The van der Waals surface area contributed by atoms with Crippen molar-refractivity contribution in [2.75, 3.05) is 26.7 Å². The minimum Gasteiger partial charge on any atom is -0.467 e. The van der Waals surface area contributed by atoms with Crippen molar-refractivity contribution in [2.24, 2.45) is 5.92 Å². The van der Waals surface area contributed by atoms with Crippen LogP contribution in [0.3, 0.4) is 0 Å². The second kappa shape index (κ2) is 17.1. The molecule has 268 valence electrons. The van der Waals surface area contributed by atoms with Crippen molar-refractivity contribution in [3.05, 3.63) is 131 Å². The third-order valence-corrected chi connectivity index (χ3v) is 9.83. The highest BCUT2D eigenvalue weighted by Gasteiger charge is 2.40. The Bertz CT molecular complexity index is 1730.